The Morgan fingerprint density at radius 2 is 2.08 bits per heavy atom. The molecule has 1 N–H and O–H groups in total. The van der Waals surface area contributed by atoms with Crippen molar-refractivity contribution in [2.75, 3.05) is 26.3 Å². The summed E-state index contributed by atoms with van der Waals surface area (Å²) in [4.78, 5) is 0. The highest BCUT2D eigenvalue weighted by atomic mass is 16.5. The normalized spacial score (nSPS) is 27.5. The first-order valence-electron chi connectivity index (χ1n) is 5.43. The summed E-state index contributed by atoms with van der Waals surface area (Å²) in [7, 11) is 0. The van der Waals surface area contributed by atoms with Crippen LogP contribution in [0.15, 0.2) is 0 Å². The largest absolute Gasteiger partial charge is 0.379 e. The molecule has 2 aliphatic rings. The van der Waals surface area contributed by atoms with Crippen molar-refractivity contribution in [3.8, 4) is 0 Å². The second kappa shape index (κ2) is 4.40. The van der Waals surface area contributed by atoms with E-state index in [1.54, 1.807) is 0 Å². The fourth-order valence-electron chi connectivity index (χ4n) is 1.91. The van der Waals surface area contributed by atoms with Crippen LogP contribution in [-0.4, -0.2) is 37.4 Å². The summed E-state index contributed by atoms with van der Waals surface area (Å²) in [6.07, 6.45) is 4.25. The minimum Gasteiger partial charge on any atom is -0.379 e. The zero-order valence-corrected chi connectivity index (χ0v) is 8.46. The van der Waals surface area contributed by atoms with Gasteiger partial charge in [0, 0.05) is 19.1 Å². The highest BCUT2D eigenvalue weighted by Gasteiger charge is 2.24. The maximum Gasteiger partial charge on any atom is 0.0608 e. The van der Waals surface area contributed by atoms with Crippen LogP contribution in [-0.2, 0) is 4.74 Å². The van der Waals surface area contributed by atoms with Crippen LogP contribution in [0, 0.1) is 5.92 Å². The minimum absolute atomic E-state index is 0.644. The van der Waals surface area contributed by atoms with Crippen LogP contribution in [0.1, 0.15) is 26.2 Å². The summed E-state index contributed by atoms with van der Waals surface area (Å²) in [5, 5.41) is 2.30. The smallest absolute Gasteiger partial charge is 0.0608 e. The lowest BCUT2D eigenvalue weighted by molar-refractivity contribution is 0.00402. The number of hydrazine groups is 1. The van der Waals surface area contributed by atoms with Gasteiger partial charge in [-0.15, -0.1) is 0 Å². The van der Waals surface area contributed by atoms with Gasteiger partial charge in [-0.2, -0.15) is 0 Å². The van der Waals surface area contributed by atoms with Gasteiger partial charge in [0.15, 0.2) is 0 Å². The van der Waals surface area contributed by atoms with Crippen molar-refractivity contribution in [3.05, 3.63) is 0 Å². The van der Waals surface area contributed by atoms with E-state index in [-0.39, 0.29) is 0 Å². The Morgan fingerprint density at radius 3 is 2.69 bits per heavy atom. The molecule has 0 radical (unpaired) electrons. The summed E-state index contributed by atoms with van der Waals surface area (Å²) in [6.45, 7) is 6.12. The Morgan fingerprint density at radius 1 is 1.38 bits per heavy atom. The van der Waals surface area contributed by atoms with Gasteiger partial charge in [0.25, 0.3) is 0 Å². The predicted molar refractivity (Wildman–Crippen MR) is 52.3 cm³/mol. The summed E-state index contributed by atoms with van der Waals surface area (Å²) < 4.78 is 5.29. The maximum absolute atomic E-state index is 5.29. The Balaban J connectivity index is 1.62. The van der Waals surface area contributed by atoms with Gasteiger partial charge in [-0.25, -0.2) is 5.01 Å². The molecule has 1 aliphatic carbocycles. The van der Waals surface area contributed by atoms with Gasteiger partial charge in [0.1, 0.15) is 0 Å². The van der Waals surface area contributed by atoms with E-state index in [9.17, 15) is 0 Å². The molecule has 13 heavy (non-hydrogen) atoms. The van der Waals surface area contributed by atoms with Crippen molar-refractivity contribution >= 4 is 0 Å². The van der Waals surface area contributed by atoms with Crippen LogP contribution in [0.2, 0.25) is 0 Å². The fourth-order valence-corrected chi connectivity index (χ4v) is 1.91. The molecule has 0 aromatic carbocycles. The third-order valence-electron chi connectivity index (χ3n) is 2.80. The van der Waals surface area contributed by atoms with Crippen molar-refractivity contribution in [2.24, 2.45) is 5.92 Å². The number of nitrogens with one attached hydrogen (secondary N) is 1. The van der Waals surface area contributed by atoms with E-state index >= 15 is 0 Å². The zero-order valence-electron chi connectivity index (χ0n) is 8.46. The molecule has 1 saturated carbocycles. The average molecular weight is 184 g/mol. The van der Waals surface area contributed by atoms with Crippen LogP contribution in [0.3, 0.4) is 0 Å². The molecule has 3 heteroatoms. The van der Waals surface area contributed by atoms with Gasteiger partial charge in [-0.1, -0.05) is 12.8 Å². The Kier molecular flexibility index (Phi) is 3.19. The van der Waals surface area contributed by atoms with E-state index in [0.717, 1.165) is 32.2 Å². The number of ether oxygens (including phenoxy) is 1. The van der Waals surface area contributed by atoms with Crippen LogP contribution in [0.25, 0.3) is 0 Å². The number of rotatable bonds is 4. The van der Waals surface area contributed by atoms with Gasteiger partial charge in [0.2, 0.25) is 0 Å². The van der Waals surface area contributed by atoms with E-state index < -0.39 is 0 Å². The highest BCUT2D eigenvalue weighted by molar-refractivity contribution is 4.77. The Hall–Kier alpha value is -0.120. The predicted octanol–water partition coefficient (Wildman–Crippen LogP) is 1.01. The number of nitrogens with zero attached hydrogens (tertiary/aromatic N) is 1. The third kappa shape index (κ3) is 3.25. The molecule has 2 rings (SSSR count). The van der Waals surface area contributed by atoms with Crippen LogP contribution in [0.5, 0.6) is 0 Å². The van der Waals surface area contributed by atoms with Gasteiger partial charge in [-0.05, 0) is 19.3 Å². The topological polar surface area (TPSA) is 24.5 Å². The zero-order chi connectivity index (χ0) is 9.10. The molecule has 1 atom stereocenters. The quantitative estimate of drug-likeness (QED) is 0.706. The summed E-state index contributed by atoms with van der Waals surface area (Å²) in [5.74, 6) is 1.02. The third-order valence-corrected chi connectivity index (χ3v) is 2.80. The monoisotopic (exact) mass is 184 g/mol. The molecule has 0 spiro atoms. The molecule has 1 unspecified atom stereocenters. The summed E-state index contributed by atoms with van der Waals surface area (Å²) in [5.41, 5.74) is 3.54. The lowest BCUT2D eigenvalue weighted by atomic mass is 10.2. The Labute approximate surface area is 80.4 Å². The number of hydrogen-bond donors (Lipinski definition) is 1. The molecule has 0 bridgehead atoms. The lowest BCUT2D eigenvalue weighted by Gasteiger charge is -2.30. The highest BCUT2D eigenvalue weighted by Crippen LogP contribution is 2.33. The first kappa shape index (κ1) is 9.44. The first-order chi connectivity index (χ1) is 6.34. The fraction of sp³-hybridized carbons (Fsp3) is 1.00. The molecular formula is C10H20N2O. The summed E-state index contributed by atoms with van der Waals surface area (Å²) >= 11 is 0. The molecule has 0 amide bonds. The van der Waals surface area contributed by atoms with Crippen molar-refractivity contribution in [1.82, 2.24) is 10.4 Å². The van der Waals surface area contributed by atoms with Crippen molar-refractivity contribution in [2.45, 2.75) is 32.2 Å². The van der Waals surface area contributed by atoms with Crippen LogP contribution in [0.4, 0.5) is 0 Å². The van der Waals surface area contributed by atoms with Gasteiger partial charge < -0.3 is 4.74 Å². The molecule has 1 saturated heterocycles. The minimum atomic E-state index is 0.644. The number of hydrogen-bond acceptors (Lipinski definition) is 3. The van der Waals surface area contributed by atoms with Crippen molar-refractivity contribution in [3.63, 3.8) is 0 Å². The van der Waals surface area contributed by atoms with E-state index in [1.165, 1.54) is 19.3 Å². The average Bonchev–Trinajstić information content (AvgIpc) is 2.90. The van der Waals surface area contributed by atoms with Gasteiger partial charge >= 0.3 is 0 Å². The molecule has 2 fully saturated rings. The molecule has 0 aromatic rings. The standard InChI is InChI=1S/C10H20N2O/c1-9(8-10-2-3-10)11-12-4-6-13-7-5-12/h9-11H,2-8H2,1H3. The van der Waals surface area contributed by atoms with E-state index in [0.29, 0.717) is 6.04 Å². The van der Waals surface area contributed by atoms with Crippen LogP contribution >= 0.6 is 0 Å². The second-order valence-electron chi connectivity index (χ2n) is 4.31. The SMILES string of the molecule is CC(CC1CC1)NN1CCOCC1. The molecule has 0 aromatic heterocycles. The molecule has 3 nitrogen and oxygen atoms in total. The van der Waals surface area contributed by atoms with E-state index in [4.69, 9.17) is 4.74 Å². The molecule has 76 valence electrons. The van der Waals surface area contributed by atoms with E-state index in [1.807, 2.05) is 0 Å². The maximum atomic E-state index is 5.29. The van der Waals surface area contributed by atoms with Crippen LogP contribution < -0.4 is 5.43 Å². The second-order valence-corrected chi connectivity index (χ2v) is 4.31. The van der Waals surface area contributed by atoms with E-state index in [2.05, 4.69) is 17.4 Å². The van der Waals surface area contributed by atoms with Gasteiger partial charge in [-0.3, -0.25) is 5.43 Å². The molecule has 1 heterocycles. The van der Waals surface area contributed by atoms with Gasteiger partial charge in [0.05, 0.1) is 13.2 Å². The summed E-state index contributed by atoms with van der Waals surface area (Å²) in [6, 6.07) is 0.644. The number of morpholine rings is 1. The first-order valence-corrected chi connectivity index (χ1v) is 5.43. The Bertz CT molecular complexity index is 153. The molecule has 1 aliphatic heterocycles. The molecular weight excluding hydrogens is 164 g/mol. The lowest BCUT2D eigenvalue weighted by Crippen LogP contribution is -2.49. The van der Waals surface area contributed by atoms with Crippen molar-refractivity contribution < 1.29 is 4.74 Å². The van der Waals surface area contributed by atoms with Crippen molar-refractivity contribution in [1.29, 1.82) is 0 Å².